The average Bonchev–Trinajstić information content (AvgIpc) is 3.16. The quantitative estimate of drug-likeness (QED) is 0.324. The Hall–Kier alpha value is -4.18. The number of hydrogen-bond acceptors (Lipinski definition) is 3. The molecule has 30 heavy (non-hydrogen) atoms. The van der Waals surface area contributed by atoms with Crippen LogP contribution >= 0.6 is 0 Å². The summed E-state index contributed by atoms with van der Waals surface area (Å²) in [5, 5.41) is 5.24. The van der Waals surface area contributed by atoms with Gasteiger partial charge in [0.1, 0.15) is 0 Å². The Morgan fingerprint density at radius 2 is 1.63 bits per heavy atom. The first kappa shape index (κ1) is 19.2. The number of ketones is 1. The van der Waals surface area contributed by atoms with Crippen molar-refractivity contribution in [3.05, 3.63) is 114 Å². The molecule has 2 N–H and O–H groups in total. The number of H-pyrrole nitrogens is 1. The summed E-state index contributed by atoms with van der Waals surface area (Å²) < 4.78 is 0. The Balaban J connectivity index is 0.000000146. The van der Waals surface area contributed by atoms with Crippen LogP contribution in [0.4, 0.5) is 5.69 Å². The summed E-state index contributed by atoms with van der Waals surface area (Å²) in [6.45, 7) is 0. The lowest BCUT2D eigenvalue weighted by Crippen LogP contribution is -1.92. The minimum atomic E-state index is 0.0319. The molecular formula is C26H21N3O. The van der Waals surface area contributed by atoms with E-state index in [0.29, 0.717) is 0 Å². The number of allylic oxidation sites excluding steroid dienone is 2. The van der Waals surface area contributed by atoms with E-state index in [2.05, 4.69) is 33.7 Å². The number of nitrogens with zero attached hydrogens (tertiary/aromatic N) is 1. The van der Waals surface area contributed by atoms with Gasteiger partial charge < -0.3 is 4.98 Å². The van der Waals surface area contributed by atoms with E-state index < -0.39 is 0 Å². The number of aromatic nitrogens is 1. The number of nitrogens with one attached hydrogen (secondary N) is 2. The van der Waals surface area contributed by atoms with Crippen molar-refractivity contribution in [3.63, 3.8) is 0 Å². The minimum absolute atomic E-state index is 0.0319. The van der Waals surface area contributed by atoms with Crippen LogP contribution in [0.5, 0.6) is 0 Å². The molecule has 0 spiro atoms. The molecule has 0 unspecified atom stereocenters. The molecule has 0 bridgehead atoms. The maximum Gasteiger partial charge on any atom is 0.185 e. The molecule has 1 aliphatic heterocycles. The van der Waals surface area contributed by atoms with Gasteiger partial charge in [-0.3, -0.25) is 10.2 Å². The summed E-state index contributed by atoms with van der Waals surface area (Å²) in [6.07, 6.45) is 11.1. The van der Waals surface area contributed by atoms with Gasteiger partial charge in [0.2, 0.25) is 0 Å². The summed E-state index contributed by atoms with van der Waals surface area (Å²) >= 11 is 0. The summed E-state index contributed by atoms with van der Waals surface area (Å²) in [7, 11) is 0. The molecule has 0 radical (unpaired) electrons. The average molecular weight is 391 g/mol. The van der Waals surface area contributed by atoms with Crippen LogP contribution in [-0.4, -0.2) is 17.0 Å². The summed E-state index contributed by atoms with van der Waals surface area (Å²) in [6, 6.07) is 25.3. The van der Waals surface area contributed by atoms with Crippen LogP contribution in [0.1, 0.15) is 21.5 Å². The second kappa shape index (κ2) is 9.34. The van der Waals surface area contributed by atoms with Gasteiger partial charge in [0, 0.05) is 34.4 Å². The fourth-order valence-electron chi connectivity index (χ4n) is 3.14. The first-order valence-electron chi connectivity index (χ1n) is 9.69. The molecule has 0 fully saturated rings. The molecule has 4 aromatic rings. The largest absolute Gasteiger partial charge is 0.361 e. The van der Waals surface area contributed by atoms with Gasteiger partial charge in [0.15, 0.2) is 5.78 Å². The Labute approximate surface area is 175 Å². The zero-order valence-electron chi connectivity index (χ0n) is 16.3. The lowest BCUT2D eigenvalue weighted by atomic mass is 10.1. The van der Waals surface area contributed by atoms with E-state index in [1.54, 1.807) is 12.3 Å². The lowest BCUT2D eigenvalue weighted by Gasteiger charge is -2.05. The second-order valence-electron chi connectivity index (χ2n) is 6.69. The number of benzene rings is 3. The maximum absolute atomic E-state index is 11.7. The third-order valence-corrected chi connectivity index (χ3v) is 4.66. The van der Waals surface area contributed by atoms with Crippen molar-refractivity contribution in [1.29, 1.82) is 0 Å². The van der Waals surface area contributed by atoms with Crippen molar-refractivity contribution in [3.8, 4) is 0 Å². The molecule has 2 heterocycles. The number of hydrogen-bond donors (Lipinski definition) is 2. The van der Waals surface area contributed by atoms with Crippen molar-refractivity contribution in [2.24, 2.45) is 5.10 Å². The smallest absolute Gasteiger partial charge is 0.185 e. The predicted molar refractivity (Wildman–Crippen MR) is 126 cm³/mol. The Morgan fingerprint density at radius 3 is 2.43 bits per heavy atom. The van der Waals surface area contributed by atoms with Crippen LogP contribution in [0.25, 0.3) is 23.1 Å². The Bertz CT molecular complexity index is 1220. The fourth-order valence-corrected chi connectivity index (χ4v) is 3.14. The highest BCUT2D eigenvalue weighted by atomic mass is 16.1. The number of hydrazone groups is 1. The van der Waals surface area contributed by atoms with Crippen molar-refractivity contribution in [1.82, 2.24) is 4.98 Å². The van der Waals surface area contributed by atoms with E-state index in [1.807, 2.05) is 85.1 Å². The van der Waals surface area contributed by atoms with E-state index in [9.17, 15) is 4.79 Å². The molecule has 4 nitrogen and oxygen atoms in total. The highest BCUT2D eigenvalue weighted by Gasteiger charge is 2.06. The highest BCUT2D eigenvalue weighted by molar-refractivity contribution is 6.06. The topological polar surface area (TPSA) is 57.2 Å². The molecule has 1 aromatic heterocycles. The highest BCUT2D eigenvalue weighted by Crippen LogP contribution is 2.28. The van der Waals surface area contributed by atoms with Gasteiger partial charge in [-0.05, 0) is 29.8 Å². The minimum Gasteiger partial charge on any atom is -0.361 e. The molecule has 0 amide bonds. The van der Waals surface area contributed by atoms with Gasteiger partial charge in [0.25, 0.3) is 0 Å². The van der Waals surface area contributed by atoms with Gasteiger partial charge >= 0.3 is 0 Å². The van der Waals surface area contributed by atoms with E-state index in [0.717, 1.165) is 27.9 Å². The maximum atomic E-state index is 11.7. The molecular weight excluding hydrogens is 370 g/mol. The summed E-state index contributed by atoms with van der Waals surface area (Å²) in [5.74, 6) is 0.0319. The van der Waals surface area contributed by atoms with Crippen molar-refractivity contribution in [2.45, 2.75) is 0 Å². The summed E-state index contributed by atoms with van der Waals surface area (Å²) in [5.41, 5.74) is 8.14. The fraction of sp³-hybridized carbons (Fsp3) is 0. The molecule has 0 saturated heterocycles. The van der Waals surface area contributed by atoms with Crippen molar-refractivity contribution < 1.29 is 4.79 Å². The van der Waals surface area contributed by atoms with Crippen LogP contribution in [0.3, 0.4) is 0 Å². The first-order valence-corrected chi connectivity index (χ1v) is 9.69. The molecule has 0 aliphatic carbocycles. The Kier molecular flexibility index (Phi) is 5.97. The third-order valence-electron chi connectivity index (χ3n) is 4.66. The summed E-state index contributed by atoms with van der Waals surface area (Å²) in [4.78, 5) is 14.9. The predicted octanol–water partition coefficient (Wildman–Crippen LogP) is 6.18. The molecule has 0 atom stereocenters. The van der Waals surface area contributed by atoms with Crippen LogP contribution in [0.2, 0.25) is 0 Å². The van der Waals surface area contributed by atoms with Crippen LogP contribution in [-0.2, 0) is 0 Å². The standard InChI is InChI=1S/C15H12O.C11H9N3/c16-15(14-9-5-2-6-10-14)12-11-13-7-3-1-4-8-13;1-2-8-3-4-10-9(5-7-12-10)11(8)14-13-6-1/h1-12H;1-7,12,14H. The van der Waals surface area contributed by atoms with E-state index in [4.69, 9.17) is 0 Å². The first-order chi connectivity index (χ1) is 14.8. The number of fused-ring (bicyclic) bond motifs is 3. The number of carbonyl (C=O) groups is 1. The van der Waals surface area contributed by atoms with Gasteiger partial charge in [-0.25, -0.2) is 0 Å². The molecule has 146 valence electrons. The number of anilines is 1. The second-order valence-corrected chi connectivity index (χ2v) is 6.69. The molecule has 1 aliphatic rings. The van der Waals surface area contributed by atoms with Gasteiger partial charge in [0.05, 0.1) is 5.69 Å². The van der Waals surface area contributed by atoms with E-state index >= 15 is 0 Å². The molecule has 5 rings (SSSR count). The molecule has 0 saturated carbocycles. The van der Waals surface area contributed by atoms with Crippen molar-refractivity contribution >= 4 is 40.7 Å². The van der Waals surface area contributed by atoms with Gasteiger partial charge in [-0.2, -0.15) is 5.10 Å². The zero-order valence-corrected chi connectivity index (χ0v) is 16.3. The van der Waals surface area contributed by atoms with Gasteiger partial charge in [-0.1, -0.05) is 78.9 Å². The number of aromatic amines is 1. The number of rotatable bonds is 3. The normalized spacial score (nSPS) is 12.0. The SMILES string of the molecule is C1=Cc2ccc3[nH]ccc3c2NN=C1.O=C(C=Cc1ccccc1)c1ccccc1. The van der Waals surface area contributed by atoms with Crippen LogP contribution in [0.15, 0.2) is 102 Å². The number of carbonyl (C=O) groups excluding carboxylic acids is 1. The molecule has 3 aromatic carbocycles. The third kappa shape index (κ3) is 4.62. The van der Waals surface area contributed by atoms with E-state index in [-0.39, 0.29) is 5.78 Å². The van der Waals surface area contributed by atoms with Crippen LogP contribution < -0.4 is 5.43 Å². The van der Waals surface area contributed by atoms with Crippen molar-refractivity contribution in [2.75, 3.05) is 5.43 Å². The molecule has 4 heteroatoms. The van der Waals surface area contributed by atoms with Gasteiger partial charge in [-0.15, -0.1) is 0 Å². The lowest BCUT2D eigenvalue weighted by molar-refractivity contribution is 0.104. The van der Waals surface area contributed by atoms with E-state index in [1.165, 1.54) is 5.39 Å². The Morgan fingerprint density at radius 1 is 0.867 bits per heavy atom. The van der Waals surface area contributed by atoms with Crippen LogP contribution in [0, 0.1) is 0 Å². The zero-order chi connectivity index (χ0) is 20.6. The monoisotopic (exact) mass is 391 g/mol.